The molecular weight excluding hydrogens is 520 g/mol. The molecule has 41 heavy (non-hydrogen) atoms. The molecule has 2 aliphatic rings. The lowest BCUT2D eigenvalue weighted by molar-refractivity contribution is -0.136. The van der Waals surface area contributed by atoms with Crippen LogP contribution in [-0.2, 0) is 11.2 Å². The summed E-state index contributed by atoms with van der Waals surface area (Å²) in [6.07, 6.45) is 2.88. The van der Waals surface area contributed by atoms with Crippen molar-refractivity contribution in [1.82, 2.24) is 9.80 Å². The Labute approximate surface area is 241 Å². The van der Waals surface area contributed by atoms with E-state index in [0.29, 0.717) is 53.1 Å². The van der Waals surface area contributed by atoms with Gasteiger partial charge in [0.25, 0.3) is 5.91 Å². The van der Waals surface area contributed by atoms with Gasteiger partial charge in [-0.25, -0.2) is 0 Å². The molecule has 8 nitrogen and oxygen atoms in total. The van der Waals surface area contributed by atoms with Crippen molar-refractivity contribution < 1.29 is 28.5 Å². The smallest absolute Gasteiger partial charge is 0.254 e. The first-order chi connectivity index (χ1) is 19.9. The third-order valence-electron chi connectivity index (χ3n) is 8.48. The van der Waals surface area contributed by atoms with Gasteiger partial charge in [0.05, 0.1) is 40.4 Å². The zero-order valence-electron chi connectivity index (χ0n) is 24.4. The van der Waals surface area contributed by atoms with Gasteiger partial charge in [0, 0.05) is 25.7 Å². The molecular formula is C33H38N2O6. The van der Waals surface area contributed by atoms with Crippen LogP contribution < -0.4 is 18.9 Å². The Morgan fingerprint density at radius 1 is 0.805 bits per heavy atom. The molecule has 0 aromatic heterocycles. The molecule has 2 amide bonds. The molecule has 0 N–H and O–H groups in total. The molecule has 0 unspecified atom stereocenters. The number of methoxy groups -OCH3 is 4. The zero-order valence-corrected chi connectivity index (χ0v) is 24.4. The Balaban J connectivity index is 1.52. The summed E-state index contributed by atoms with van der Waals surface area (Å²) >= 11 is 0. The van der Waals surface area contributed by atoms with Gasteiger partial charge in [-0.15, -0.1) is 0 Å². The molecule has 0 saturated carbocycles. The number of likely N-dealkylation sites (N-methyl/N-ethyl adjacent to an activating group) is 1. The summed E-state index contributed by atoms with van der Waals surface area (Å²) in [6.45, 7) is 1.34. The van der Waals surface area contributed by atoms with Gasteiger partial charge in [-0.3, -0.25) is 9.59 Å². The van der Waals surface area contributed by atoms with Crippen molar-refractivity contribution in [3.05, 3.63) is 82.9 Å². The molecule has 8 heteroatoms. The monoisotopic (exact) mass is 558 g/mol. The number of piperidine rings is 1. The lowest BCUT2D eigenvalue weighted by Crippen LogP contribution is -2.48. The minimum absolute atomic E-state index is 0.00392. The minimum atomic E-state index is -0.642. The number of nitrogens with zero attached hydrogens (tertiary/aromatic N) is 2. The second-order valence-corrected chi connectivity index (χ2v) is 10.7. The second-order valence-electron chi connectivity index (χ2n) is 10.7. The van der Waals surface area contributed by atoms with Crippen LogP contribution in [0.3, 0.4) is 0 Å². The first-order valence-electron chi connectivity index (χ1n) is 14.0. The maximum Gasteiger partial charge on any atom is 0.254 e. The van der Waals surface area contributed by atoms with Gasteiger partial charge in [-0.1, -0.05) is 36.4 Å². The van der Waals surface area contributed by atoms with Gasteiger partial charge in [-0.2, -0.15) is 0 Å². The highest BCUT2D eigenvalue weighted by atomic mass is 16.5. The number of hydrogen-bond acceptors (Lipinski definition) is 6. The van der Waals surface area contributed by atoms with Crippen molar-refractivity contribution >= 4 is 11.8 Å². The topological polar surface area (TPSA) is 77.5 Å². The van der Waals surface area contributed by atoms with Crippen LogP contribution in [0.5, 0.6) is 23.0 Å². The van der Waals surface area contributed by atoms with Gasteiger partial charge >= 0.3 is 0 Å². The van der Waals surface area contributed by atoms with E-state index < -0.39 is 12.0 Å². The van der Waals surface area contributed by atoms with Crippen LogP contribution in [0, 0.1) is 5.92 Å². The highest BCUT2D eigenvalue weighted by molar-refractivity contribution is 6.02. The standard InChI is InChI=1S/C33H38N2O6/c1-34-31(23-11-12-26(38-2)27(18-23)39-3)30(24-19-28(40-4)29(41-5)20-25(24)32(34)36)33(37)35-15-13-22(14-16-35)17-21-9-7-6-8-10-21/h6-12,18-20,22,30-31H,13-17H2,1-5H3/t30-,31+/m1/s1. The summed E-state index contributed by atoms with van der Waals surface area (Å²) in [4.78, 5) is 31.9. The fourth-order valence-electron chi connectivity index (χ4n) is 6.27. The average molecular weight is 559 g/mol. The van der Waals surface area contributed by atoms with Gasteiger partial charge < -0.3 is 28.7 Å². The zero-order chi connectivity index (χ0) is 29.1. The van der Waals surface area contributed by atoms with E-state index in [1.807, 2.05) is 29.2 Å². The Morgan fingerprint density at radius 3 is 2.05 bits per heavy atom. The number of ether oxygens (including phenoxy) is 4. The van der Waals surface area contributed by atoms with Crippen LogP contribution in [-0.4, -0.2) is 70.2 Å². The number of amides is 2. The number of carbonyl (C=O) groups excluding carboxylic acids is 2. The number of rotatable bonds is 8. The summed E-state index contributed by atoms with van der Waals surface area (Å²) < 4.78 is 22.1. The minimum Gasteiger partial charge on any atom is -0.493 e. The third-order valence-corrected chi connectivity index (χ3v) is 8.48. The molecule has 0 bridgehead atoms. The van der Waals surface area contributed by atoms with Crippen LogP contribution in [0.15, 0.2) is 60.7 Å². The van der Waals surface area contributed by atoms with Gasteiger partial charge in [0.15, 0.2) is 23.0 Å². The highest BCUT2D eigenvalue weighted by Crippen LogP contribution is 2.47. The fraction of sp³-hybridized carbons (Fsp3) is 0.394. The molecule has 5 rings (SSSR count). The first kappa shape index (κ1) is 28.3. The Bertz CT molecular complexity index is 1400. The lowest BCUT2D eigenvalue weighted by atomic mass is 9.78. The quantitative estimate of drug-likeness (QED) is 0.382. The summed E-state index contributed by atoms with van der Waals surface area (Å²) in [5.41, 5.74) is 3.20. The van der Waals surface area contributed by atoms with Crippen LogP contribution in [0.25, 0.3) is 0 Å². The van der Waals surface area contributed by atoms with E-state index in [9.17, 15) is 9.59 Å². The number of hydrogen-bond donors (Lipinski definition) is 0. The van der Waals surface area contributed by atoms with Crippen LogP contribution in [0.4, 0.5) is 0 Å². The molecule has 2 atom stereocenters. The van der Waals surface area contributed by atoms with E-state index in [0.717, 1.165) is 24.8 Å². The SMILES string of the molecule is COc1ccc([C@H]2[C@H](C(=O)N3CCC(Cc4ccccc4)CC3)c3cc(OC)c(OC)cc3C(=O)N2C)cc1OC. The fourth-order valence-corrected chi connectivity index (χ4v) is 6.27. The molecule has 0 spiro atoms. The van der Waals surface area contributed by atoms with Crippen LogP contribution in [0.1, 0.15) is 51.8 Å². The molecule has 2 heterocycles. The van der Waals surface area contributed by atoms with Gasteiger partial charge in [-0.05, 0) is 66.1 Å². The largest absolute Gasteiger partial charge is 0.493 e. The van der Waals surface area contributed by atoms with E-state index in [1.54, 1.807) is 45.4 Å². The molecule has 0 aliphatic carbocycles. The molecule has 2 aliphatic heterocycles. The third kappa shape index (κ3) is 5.43. The van der Waals surface area contributed by atoms with Crippen molar-refractivity contribution in [1.29, 1.82) is 0 Å². The van der Waals surface area contributed by atoms with Crippen LogP contribution in [0.2, 0.25) is 0 Å². The maximum atomic E-state index is 14.5. The summed E-state index contributed by atoms with van der Waals surface area (Å²) in [5.74, 6) is 1.74. The first-order valence-corrected chi connectivity index (χ1v) is 14.0. The van der Waals surface area contributed by atoms with Crippen molar-refractivity contribution in [2.24, 2.45) is 5.92 Å². The van der Waals surface area contributed by atoms with Crippen molar-refractivity contribution in [3.8, 4) is 23.0 Å². The predicted molar refractivity (Wildman–Crippen MR) is 156 cm³/mol. The highest BCUT2D eigenvalue weighted by Gasteiger charge is 2.45. The van der Waals surface area contributed by atoms with Crippen molar-refractivity contribution in [2.75, 3.05) is 48.6 Å². The van der Waals surface area contributed by atoms with Crippen LogP contribution >= 0.6 is 0 Å². The maximum absolute atomic E-state index is 14.5. The molecule has 1 fully saturated rings. The van der Waals surface area contributed by atoms with Crippen molar-refractivity contribution in [3.63, 3.8) is 0 Å². The predicted octanol–water partition coefficient (Wildman–Crippen LogP) is 5.11. The Hall–Kier alpha value is -4.20. The summed E-state index contributed by atoms with van der Waals surface area (Å²) in [5, 5.41) is 0. The van der Waals surface area contributed by atoms with Crippen molar-refractivity contribution in [2.45, 2.75) is 31.2 Å². The molecule has 3 aromatic carbocycles. The average Bonchev–Trinajstić information content (AvgIpc) is 3.02. The lowest BCUT2D eigenvalue weighted by Gasteiger charge is -2.43. The second kappa shape index (κ2) is 12.1. The number of likely N-dealkylation sites (tertiary alicyclic amines) is 1. The van der Waals surface area contributed by atoms with E-state index in [1.165, 1.54) is 12.7 Å². The van der Waals surface area contributed by atoms with E-state index in [4.69, 9.17) is 18.9 Å². The van der Waals surface area contributed by atoms with Gasteiger partial charge in [0.1, 0.15) is 0 Å². The summed E-state index contributed by atoms with van der Waals surface area (Å²) in [7, 11) is 8.00. The van der Waals surface area contributed by atoms with E-state index in [-0.39, 0.29) is 11.8 Å². The number of benzene rings is 3. The van der Waals surface area contributed by atoms with Gasteiger partial charge in [0.2, 0.25) is 5.91 Å². The number of fused-ring (bicyclic) bond motifs is 1. The molecule has 0 radical (unpaired) electrons. The molecule has 3 aromatic rings. The Morgan fingerprint density at radius 2 is 1.41 bits per heavy atom. The van der Waals surface area contributed by atoms with E-state index >= 15 is 0 Å². The van der Waals surface area contributed by atoms with E-state index in [2.05, 4.69) is 24.3 Å². The Kier molecular flexibility index (Phi) is 8.38. The normalized spacial score (nSPS) is 19.0. The molecule has 1 saturated heterocycles. The number of carbonyl (C=O) groups is 2. The molecule has 216 valence electrons. The summed E-state index contributed by atoms with van der Waals surface area (Å²) in [6, 6.07) is 19.0.